The average molecular weight is 445 g/mol. The van der Waals surface area contributed by atoms with E-state index in [9.17, 15) is 14.0 Å². The van der Waals surface area contributed by atoms with Crippen molar-refractivity contribution in [1.82, 2.24) is 10.2 Å². The molecule has 2 aromatic carbocycles. The molecule has 1 unspecified atom stereocenters. The summed E-state index contributed by atoms with van der Waals surface area (Å²) in [6.07, 6.45) is 1.72. The van der Waals surface area contributed by atoms with Gasteiger partial charge in [-0.3, -0.25) is 4.79 Å². The Bertz CT molecular complexity index is 943. The fourth-order valence-corrected chi connectivity index (χ4v) is 3.78. The molecule has 0 aliphatic carbocycles. The van der Waals surface area contributed by atoms with Gasteiger partial charge in [0.1, 0.15) is 5.82 Å². The van der Waals surface area contributed by atoms with Crippen LogP contribution in [0.5, 0.6) is 17.2 Å². The molecule has 1 atom stereocenters. The fourth-order valence-electron chi connectivity index (χ4n) is 3.78. The van der Waals surface area contributed by atoms with Gasteiger partial charge in [-0.15, -0.1) is 0 Å². The Morgan fingerprint density at radius 1 is 1.09 bits per heavy atom. The maximum Gasteiger partial charge on any atom is 0.319 e. The highest BCUT2D eigenvalue weighted by Crippen LogP contribution is 2.38. The van der Waals surface area contributed by atoms with E-state index in [1.165, 1.54) is 39.5 Å². The zero-order valence-corrected chi connectivity index (χ0v) is 18.4. The number of amides is 3. The number of carbonyl (C=O) groups excluding carboxylic acids is 2. The van der Waals surface area contributed by atoms with E-state index in [2.05, 4.69) is 10.6 Å². The Kier molecular flexibility index (Phi) is 7.75. The summed E-state index contributed by atoms with van der Waals surface area (Å²) in [6.45, 7) is 1.54. The number of nitrogens with zero attached hydrogens (tertiary/aromatic N) is 1. The van der Waals surface area contributed by atoms with Crippen molar-refractivity contribution in [3.63, 3.8) is 0 Å². The minimum Gasteiger partial charge on any atom is -0.493 e. The Hall–Kier alpha value is -3.49. The summed E-state index contributed by atoms with van der Waals surface area (Å²) in [7, 11) is 4.51. The minimum absolute atomic E-state index is 0.105. The van der Waals surface area contributed by atoms with Crippen LogP contribution in [0.4, 0.5) is 14.9 Å². The zero-order valence-electron chi connectivity index (χ0n) is 18.4. The van der Waals surface area contributed by atoms with Crippen LogP contribution in [-0.4, -0.2) is 57.8 Å². The highest BCUT2D eigenvalue weighted by atomic mass is 19.1. The molecule has 172 valence electrons. The number of likely N-dealkylation sites (tertiary alicyclic amines) is 1. The van der Waals surface area contributed by atoms with E-state index in [0.29, 0.717) is 48.1 Å². The van der Waals surface area contributed by atoms with Crippen molar-refractivity contribution in [3.8, 4) is 17.2 Å². The van der Waals surface area contributed by atoms with Gasteiger partial charge in [0.2, 0.25) is 5.75 Å². The molecule has 3 rings (SSSR count). The molecule has 0 bridgehead atoms. The molecule has 1 saturated heterocycles. The number of urea groups is 1. The quantitative estimate of drug-likeness (QED) is 0.681. The largest absolute Gasteiger partial charge is 0.493 e. The minimum atomic E-state index is -0.420. The van der Waals surface area contributed by atoms with E-state index in [1.807, 2.05) is 0 Å². The number of methoxy groups -OCH3 is 3. The predicted octanol–water partition coefficient (Wildman–Crippen LogP) is 3.53. The first kappa shape index (κ1) is 23.2. The van der Waals surface area contributed by atoms with Gasteiger partial charge in [-0.25, -0.2) is 9.18 Å². The summed E-state index contributed by atoms with van der Waals surface area (Å²) in [5.41, 5.74) is 0.822. The number of ether oxygens (including phenoxy) is 3. The number of carbonyl (C=O) groups is 2. The van der Waals surface area contributed by atoms with Gasteiger partial charge in [0.15, 0.2) is 11.5 Å². The number of benzene rings is 2. The third-order valence-electron chi connectivity index (χ3n) is 5.35. The maximum absolute atomic E-state index is 13.3. The molecule has 0 spiro atoms. The lowest BCUT2D eigenvalue weighted by Gasteiger charge is -2.33. The molecule has 1 heterocycles. The van der Waals surface area contributed by atoms with Crippen LogP contribution in [0, 0.1) is 11.7 Å². The number of piperidine rings is 1. The van der Waals surface area contributed by atoms with Crippen molar-refractivity contribution in [2.45, 2.75) is 12.8 Å². The Labute approximate surface area is 186 Å². The first-order valence-electron chi connectivity index (χ1n) is 10.3. The predicted molar refractivity (Wildman–Crippen MR) is 118 cm³/mol. The number of hydrogen-bond acceptors (Lipinski definition) is 5. The second-order valence-corrected chi connectivity index (χ2v) is 7.52. The van der Waals surface area contributed by atoms with Gasteiger partial charge in [-0.2, -0.15) is 0 Å². The monoisotopic (exact) mass is 445 g/mol. The SMILES string of the molecule is COc1cc(C(=O)N2CCCC(CNC(=O)Nc3cccc(F)c3)C2)cc(OC)c1OC. The van der Waals surface area contributed by atoms with Gasteiger partial charge in [0.05, 0.1) is 21.3 Å². The van der Waals surface area contributed by atoms with Crippen LogP contribution in [0.3, 0.4) is 0 Å². The topological polar surface area (TPSA) is 89.1 Å². The number of halogens is 1. The summed E-state index contributed by atoms with van der Waals surface area (Å²) in [5, 5.41) is 5.41. The molecule has 0 saturated carbocycles. The molecule has 2 N–H and O–H groups in total. The van der Waals surface area contributed by atoms with Crippen molar-refractivity contribution in [2.75, 3.05) is 46.3 Å². The lowest BCUT2D eigenvalue weighted by Crippen LogP contribution is -2.44. The summed E-state index contributed by atoms with van der Waals surface area (Å²) < 4.78 is 29.3. The van der Waals surface area contributed by atoms with E-state index in [-0.39, 0.29) is 11.8 Å². The van der Waals surface area contributed by atoms with Crippen LogP contribution in [0.25, 0.3) is 0 Å². The first-order chi connectivity index (χ1) is 15.4. The van der Waals surface area contributed by atoms with E-state index in [4.69, 9.17) is 14.2 Å². The molecule has 8 nitrogen and oxygen atoms in total. The normalized spacial score (nSPS) is 15.6. The number of anilines is 1. The molecule has 1 aliphatic heterocycles. The Balaban J connectivity index is 1.60. The molecule has 0 radical (unpaired) electrons. The molecule has 9 heteroatoms. The highest BCUT2D eigenvalue weighted by molar-refractivity contribution is 5.95. The Morgan fingerprint density at radius 3 is 2.44 bits per heavy atom. The zero-order chi connectivity index (χ0) is 23.1. The van der Waals surface area contributed by atoms with Crippen LogP contribution in [0.2, 0.25) is 0 Å². The molecule has 2 aromatic rings. The second-order valence-electron chi connectivity index (χ2n) is 7.52. The highest BCUT2D eigenvalue weighted by Gasteiger charge is 2.26. The number of hydrogen-bond donors (Lipinski definition) is 2. The van der Waals surface area contributed by atoms with Gasteiger partial charge < -0.3 is 29.7 Å². The molecular formula is C23H28FN3O5. The maximum atomic E-state index is 13.3. The summed E-state index contributed by atoms with van der Waals surface area (Å²) in [4.78, 5) is 27.0. The summed E-state index contributed by atoms with van der Waals surface area (Å²) >= 11 is 0. The number of rotatable bonds is 7. The van der Waals surface area contributed by atoms with Gasteiger partial charge in [0.25, 0.3) is 5.91 Å². The molecular weight excluding hydrogens is 417 g/mol. The van der Waals surface area contributed by atoms with Crippen molar-refractivity contribution in [3.05, 3.63) is 47.8 Å². The van der Waals surface area contributed by atoms with Crippen molar-refractivity contribution in [2.24, 2.45) is 5.92 Å². The molecule has 3 amide bonds. The van der Waals surface area contributed by atoms with Crippen LogP contribution in [0.15, 0.2) is 36.4 Å². The van der Waals surface area contributed by atoms with Gasteiger partial charge >= 0.3 is 6.03 Å². The standard InChI is InChI=1S/C23H28FN3O5/c1-30-19-10-16(11-20(31-2)21(19)32-3)22(28)27-9-5-6-15(14-27)13-25-23(29)26-18-8-4-7-17(24)12-18/h4,7-8,10-12,15H,5-6,9,13-14H2,1-3H3,(H2,25,26,29). The lowest BCUT2D eigenvalue weighted by molar-refractivity contribution is 0.0674. The van der Waals surface area contributed by atoms with Crippen molar-refractivity contribution < 1.29 is 28.2 Å². The van der Waals surface area contributed by atoms with Crippen LogP contribution in [0.1, 0.15) is 23.2 Å². The summed E-state index contributed by atoms with van der Waals surface area (Å²) in [5.74, 6) is 0.803. The average Bonchev–Trinajstić information content (AvgIpc) is 2.81. The van der Waals surface area contributed by atoms with Gasteiger partial charge in [0, 0.05) is 30.9 Å². The van der Waals surface area contributed by atoms with Crippen LogP contribution >= 0.6 is 0 Å². The first-order valence-corrected chi connectivity index (χ1v) is 10.3. The smallest absolute Gasteiger partial charge is 0.319 e. The number of nitrogens with one attached hydrogen (secondary N) is 2. The third-order valence-corrected chi connectivity index (χ3v) is 5.35. The fraction of sp³-hybridized carbons (Fsp3) is 0.391. The molecule has 1 fully saturated rings. The molecule has 0 aromatic heterocycles. The van der Waals surface area contributed by atoms with Crippen molar-refractivity contribution in [1.29, 1.82) is 0 Å². The van der Waals surface area contributed by atoms with Crippen LogP contribution in [-0.2, 0) is 0 Å². The van der Waals surface area contributed by atoms with Gasteiger partial charge in [-0.1, -0.05) is 6.07 Å². The van der Waals surface area contributed by atoms with Crippen LogP contribution < -0.4 is 24.8 Å². The third kappa shape index (κ3) is 5.60. The molecule has 1 aliphatic rings. The molecule has 32 heavy (non-hydrogen) atoms. The van der Waals surface area contributed by atoms with Crippen molar-refractivity contribution >= 4 is 17.6 Å². The van der Waals surface area contributed by atoms with E-state index in [1.54, 1.807) is 23.1 Å². The summed E-state index contributed by atoms with van der Waals surface area (Å²) in [6, 6.07) is 8.56. The van der Waals surface area contributed by atoms with E-state index in [0.717, 1.165) is 12.8 Å². The van der Waals surface area contributed by atoms with E-state index < -0.39 is 11.8 Å². The van der Waals surface area contributed by atoms with Gasteiger partial charge in [-0.05, 0) is 49.1 Å². The Morgan fingerprint density at radius 2 is 1.81 bits per heavy atom. The lowest BCUT2D eigenvalue weighted by atomic mass is 9.97. The second kappa shape index (κ2) is 10.7. The van der Waals surface area contributed by atoms with E-state index >= 15 is 0 Å².